The van der Waals surface area contributed by atoms with Gasteiger partial charge in [-0.3, -0.25) is 4.79 Å². The van der Waals surface area contributed by atoms with Crippen molar-refractivity contribution in [3.8, 4) is 5.75 Å². The van der Waals surface area contributed by atoms with Gasteiger partial charge in [0.05, 0.1) is 13.2 Å². The first-order valence-electron chi connectivity index (χ1n) is 10.4. The summed E-state index contributed by atoms with van der Waals surface area (Å²) in [7, 11) is -0.915. The van der Waals surface area contributed by atoms with Gasteiger partial charge in [-0.15, -0.1) is 0 Å². The molecule has 1 atom stereocenters. The number of carbonyl (C=O) groups is 1. The summed E-state index contributed by atoms with van der Waals surface area (Å²) in [5.41, 5.74) is 2.35. The first kappa shape index (κ1) is 22.5. The number of ether oxygens (including phenoxy) is 1. The van der Waals surface area contributed by atoms with E-state index in [0.717, 1.165) is 24.0 Å². The van der Waals surface area contributed by atoms with Crippen molar-refractivity contribution in [2.75, 3.05) is 20.7 Å². The number of amides is 1. The maximum absolute atomic E-state index is 13.4. The number of methoxy groups -OCH3 is 1. The molecule has 0 aliphatic carbocycles. The Bertz CT molecular complexity index is 1180. The van der Waals surface area contributed by atoms with Crippen LogP contribution in [0.3, 0.4) is 0 Å². The van der Waals surface area contributed by atoms with Crippen LogP contribution >= 0.6 is 11.3 Å². The van der Waals surface area contributed by atoms with Gasteiger partial charge in [0.25, 0.3) is 5.91 Å². The average molecular weight is 471 g/mol. The highest BCUT2D eigenvalue weighted by molar-refractivity contribution is 7.89. The molecule has 2 heterocycles. The molecule has 0 bridgehead atoms. The molecule has 1 amide bonds. The van der Waals surface area contributed by atoms with Crippen LogP contribution in [-0.4, -0.2) is 44.2 Å². The largest absolute Gasteiger partial charge is 0.495 e. The molecule has 2 aromatic carbocycles. The number of rotatable bonds is 7. The number of hydrogen-bond donors (Lipinski definition) is 0. The second-order valence-electron chi connectivity index (χ2n) is 7.83. The zero-order chi connectivity index (χ0) is 22.7. The third-order valence-electron chi connectivity index (χ3n) is 5.79. The third-order valence-corrected chi connectivity index (χ3v) is 8.31. The molecule has 0 saturated carbocycles. The van der Waals surface area contributed by atoms with Crippen molar-refractivity contribution in [1.82, 2.24) is 9.21 Å². The minimum absolute atomic E-state index is 0.00411. The molecule has 1 aromatic heterocycles. The lowest BCUT2D eigenvalue weighted by Gasteiger charge is -2.25. The highest BCUT2D eigenvalue weighted by Gasteiger charge is 2.32. The SMILES string of the molecule is COc1ccc(C(=O)N2CCCC2c2ccsc2)cc1S(=O)(=O)N(C)Cc1ccccc1. The van der Waals surface area contributed by atoms with Gasteiger partial charge in [-0.2, -0.15) is 15.6 Å². The molecule has 1 aliphatic heterocycles. The zero-order valence-corrected chi connectivity index (χ0v) is 19.7. The lowest BCUT2D eigenvalue weighted by Crippen LogP contribution is -2.31. The molecule has 0 spiro atoms. The molecule has 1 aliphatic rings. The molecule has 8 heteroatoms. The van der Waals surface area contributed by atoms with Crippen molar-refractivity contribution in [3.05, 3.63) is 82.0 Å². The van der Waals surface area contributed by atoms with Gasteiger partial charge < -0.3 is 9.64 Å². The van der Waals surface area contributed by atoms with Gasteiger partial charge >= 0.3 is 0 Å². The summed E-state index contributed by atoms with van der Waals surface area (Å²) in [6, 6.07) is 16.1. The molecule has 3 aromatic rings. The summed E-state index contributed by atoms with van der Waals surface area (Å²) in [5, 5.41) is 4.08. The minimum atomic E-state index is -3.88. The Hall–Kier alpha value is -2.68. The number of thiophene rings is 1. The van der Waals surface area contributed by atoms with Crippen molar-refractivity contribution in [2.45, 2.75) is 30.3 Å². The Balaban J connectivity index is 1.64. The molecular weight excluding hydrogens is 444 g/mol. The normalized spacial score (nSPS) is 16.5. The number of benzene rings is 2. The lowest BCUT2D eigenvalue weighted by molar-refractivity contribution is 0.0735. The van der Waals surface area contributed by atoms with Crippen molar-refractivity contribution in [3.63, 3.8) is 0 Å². The predicted octanol–water partition coefficient (Wildman–Crippen LogP) is 4.55. The predicted molar refractivity (Wildman–Crippen MR) is 125 cm³/mol. The van der Waals surface area contributed by atoms with Gasteiger partial charge in [-0.05, 0) is 59.0 Å². The van der Waals surface area contributed by atoms with E-state index in [-0.39, 0.29) is 29.1 Å². The van der Waals surface area contributed by atoms with Gasteiger partial charge in [0, 0.05) is 25.7 Å². The lowest BCUT2D eigenvalue weighted by atomic mass is 10.1. The Morgan fingerprint density at radius 2 is 1.97 bits per heavy atom. The van der Waals surface area contributed by atoms with Crippen LogP contribution < -0.4 is 4.74 Å². The van der Waals surface area contributed by atoms with Gasteiger partial charge in [0.2, 0.25) is 10.0 Å². The first-order valence-corrected chi connectivity index (χ1v) is 12.8. The van der Waals surface area contributed by atoms with Crippen LogP contribution in [0.4, 0.5) is 0 Å². The topological polar surface area (TPSA) is 66.9 Å². The Kier molecular flexibility index (Phi) is 6.64. The van der Waals surface area contributed by atoms with Crippen LogP contribution in [0.15, 0.2) is 70.3 Å². The molecule has 1 unspecified atom stereocenters. The van der Waals surface area contributed by atoms with E-state index in [0.29, 0.717) is 12.1 Å². The van der Waals surface area contributed by atoms with Crippen LogP contribution in [0.1, 0.15) is 40.4 Å². The number of hydrogen-bond acceptors (Lipinski definition) is 5. The maximum atomic E-state index is 13.4. The zero-order valence-electron chi connectivity index (χ0n) is 18.1. The Morgan fingerprint density at radius 1 is 1.19 bits per heavy atom. The minimum Gasteiger partial charge on any atom is -0.495 e. The summed E-state index contributed by atoms with van der Waals surface area (Å²) >= 11 is 1.61. The van der Waals surface area contributed by atoms with Gasteiger partial charge in [0.1, 0.15) is 10.6 Å². The van der Waals surface area contributed by atoms with Gasteiger partial charge in [-0.1, -0.05) is 30.3 Å². The fourth-order valence-corrected chi connectivity index (χ4v) is 6.13. The maximum Gasteiger partial charge on any atom is 0.254 e. The second-order valence-corrected chi connectivity index (χ2v) is 10.6. The average Bonchev–Trinajstić information content (AvgIpc) is 3.50. The standard InChI is InChI=1S/C24H26N2O4S2/c1-25(16-18-7-4-3-5-8-18)32(28,29)23-15-19(10-11-22(23)30-2)24(27)26-13-6-9-21(26)20-12-14-31-17-20/h3-5,7-8,10-12,14-15,17,21H,6,9,13,16H2,1-2H3. The smallest absolute Gasteiger partial charge is 0.254 e. The Labute approximate surface area is 193 Å². The van der Waals surface area contributed by atoms with Crippen molar-refractivity contribution in [1.29, 1.82) is 0 Å². The van der Waals surface area contributed by atoms with Crippen LogP contribution in [0.2, 0.25) is 0 Å². The van der Waals surface area contributed by atoms with Crippen molar-refractivity contribution < 1.29 is 17.9 Å². The molecular formula is C24H26N2O4S2. The molecule has 1 saturated heterocycles. The molecule has 0 N–H and O–H groups in total. The number of nitrogens with zero attached hydrogens (tertiary/aromatic N) is 2. The van der Waals surface area contributed by atoms with E-state index in [1.54, 1.807) is 23.5 Å². The fraction of sp³-hybridized carbons (Fsp3) is 0.292. The highest BCUT2D eigenvalue weighted by Crippen LogP contribution is 2.35. The molecule has 168 valence electrons. The van der Waals surface area contributed by atoms with Crippen molar-refractivity contribution in [2.24, 2.45) is 0 Å². The number of sulfonamides is 1. The summed E-state index contributed by atoms with van der Waals surface area (Å²) in [6.45, 7) is 0.873. The summed E-state index contributed by atoms with van der Waals surface area (Å²) in [5.74, 6) is 0.0563. The third kappa shape index (κ3) is 4.44. The molecule has 1 fully saturated rings. The molecule has 4 rings (SSSR count). The quantitative estimate of drug-likeness (QED) is 0.508. The summed E-state index contributed by atoms with van der Waals surface area (Å²) in [4.78, 5) is 15.2. The van der Waals surface area contributed by atoms with Crippen molar-refractivity contribution >= 4 is 27.3 Å². The number of carbonyl (C=O) groups excluding carboxylic acids is 1. The van der Waals surface area contributed by atoms with Gasteiger partial charge in [-0.25, -0.2) is 8.42 Å². The van der Waals surface area contributed by atoms with Crippen LogP contribution in [0.25, 0.3) is 0 Å². The van der Waals surface area contributed by atoms with E-state index in [1.165, 1.54) is 24.5 Å². The second kappa shape index (κ2) is 9.44. The number of likely N-dealkylation sites (tertiary alicyclic amines) is 1. The van der Waals surface area contributed by atoms with E-state index in [2.05, 4.69) is 5.38 Å². The van der Waals surface area contributed by atoms with E-state index in [9.17, 15) is 13.2 Å². The van der Waals surface area contributed by atoms with E-state index >= 15 is 0 Å². The van der Waals surface area contributed by atoms with Gasteiger partial charge in [0.15, 0.2) is 0 Å². The first-order chi connectivity index (χ1) is 15.4. The highest BCUT2D eigenvalue weighted by atomic mass is 32.2. The summed E-state index contributed by atoms with van der Waals surface area (Å²) in [6.07, 6.45) is 1.83. The molecule has 6 nitrogen and oxygen atoms in total. The van der Waals surface area contributed by atoms with E-state index < -0.39 is 10.0 Å². The van der Waals surface area contributed by atoms with Crippen LogP contribution in [-0.2, 0) is 16.6 Å². The molecule has 0 radical (unpaired) electrons. The monoisotopic (exact) mass is 470 g/mol. The van der Waals surface area contributed by atoms with Crippen LogP contribution in [0.5, 0.6) is 5.75 Å². The molecule has 32 heavy (non-hydrogen) atoms. The Morgan fingerprint density at radius 3 is 2.66 bits per heavy atom. The van der Waals surface area contributed by atoms with E-state index in [4.69, 9.17) is 4.74 Å². The fourth-order valence-electron chi connectivity index (χ4n) is 4.09. The summed E-state index contributed by atoms with van der Waals surface area (Å²) < 4.78 is 33.4. The van der Waals surface area contributed by atoms with Crippen LogP contribution in [0, 0.1) is 0 Å². The van der Waals surface area contributed by atoms with E-state index in [1.807, 2.05) is 46.7 Å².